The van der Waals surface area contributed by atoms with E-state index in [1.807, 2.05) is 44.2 Å². The second kappa shape index (κ2) is 4.02. The Hall–Kier alpha value is -2.01. The molecule has 0 amide bonds. The van der Waals surface area contributed by atoms with Crippen molar-refractivity contribution in [3.05, 3.63) is 41.6 Å². The zero-order valence-electron chi connectivity index (χ0n) is 8.74. The van der Waals surface area contributed by atoms with Gasteiger partial charge in [0.05, 0.1) is 5.69 Å². The summed E-state index contributed by atoms with van der Waals surface area (Å²) < 4.78 is 5.16. The van der Waals surface area contributed by atoms with Gasteiger partial charge in [-0.05, 0) is 38.1 Å². The standard InChI is InChI=1S/C13H11NO/c1-3-4-11-5-7-12(8-6-11)13-9-10(2)14-15-13/h5-9H,1-2H3. The van der Waals surface area contributed by atoms with Crippen molar-refractivity contribution in [1.29, 1.82) is 0 Å². The maximum Gasteiger partial charge on any atom is 0.167 e. The van der Waals surface area contributed by atoms with Crippen LogP contribution in [0.5, 0.6) is 0 Å². The highest BCUT2D eigenvalue weighted by Gasteiger charge is 2.02. The molecule has 2 rings (SSSR count). The smallest absolute Gasteiger partial charge is 0.167 e. The zero-order valence-corrected chi connectivity index (χ0v) is 8.74. The first-order valence-electron chi connectivity index (χ1n) is 4.76. The van der Waals surface area contributed by atoms with Crippen molar-refractivity contribution in [2.75, 3.05) is 0 Å². The number of benzene rings is 1. The molecule has 2 nitrogen and oxygen atoms in total. The second-order valence-electron chi connectivity index (χ2n) is 3.28. The van der Waals surface area contributed by atoms with Gasteiger partial charge in [0.2, 0.25) is 0 Å². The monoisotopic (exact) mass is 197 g/mol. The van der Waals surface area contributed by atoms with Gasteiger partial charge in [-0.1, -0.05) is 11.1 Å². The van der Waals surface area contributed by atoms with Gasteiger partial charge in [0.25, 0.3) is 0 Å². The largest absolute Gasteiger partial charge is 0.356 e. The van der Waals surface area contributed by atoms with Gasteiger partial charge in [0.15, 0.2) is 5.76 Å². The van der Waals surface area contributed by atoms with Gasteiger partial charge >= 0.3 is 0 Å². The Kier molecular flexibility index (Phi) is 2.55. The van der Waals surface area contributed by atoms with E-state index in [0.29, 0.717) is 0 Å². The van der Waals surface area contributed by atoms with Crippen molar-refractivity contribution in [3.63, 3.8) is 0 Å². The van der Waals surface area contributed by atoms with Crippen LogP contribution >= 0.6 is 0 Å². The van der Waals surface area contributed by atoms with E-state index < -0.39 is 0 Å². The summed E-state index contributed by atoms with van der Waals surface area (Å²) in [4.78, 5) is 0. The molecule has 0 bridgehead atoms. The first-order valence-corrected chi connectivity index (χ1v) is 4.76. The zero-order chi connectivity index (χ0) is 10.7. The lowest BCUT2D eigenvalue weighted by Gasteiger charge is -1.94. The Morgan fingerprint density at radius 3 is 2.47 bits per heavy atom. The summed E-state index contributed by atoms with van der Waals surface area (Å²) in [6.07, 6.45) is 0. The SMILES string of the molecule is CC#Cc1ccc(-c2cc(C)no2)cc1. The molecule has 1 heterocycles. The number of hydrogen-bond acceptors (Lipinski definition) is 2. The van der Waals surface area contributed by atoms with E-state index in [0.717, 1.165) is 22.6 Å². The molecule has 0 aliphatic carbocycles. The van der Waals surface area contributed by atoms with Crippen molar-refractivity contribution in [1.82, 2.24) is 5.16 Å². The van der Waals surface area contributed by atoms with Gasteiger partial charge in [-0.25, -0.2) is 0 Å². The lowest BCUT2D eigenvalue weighted by Crippen LogP contribution is -1.76. The average Bonchev–Trinajstić information content (AvgIpc) is 2.67. The summed E-state index contributed by atoms with van der Waals surface area (Å²) in [5, 5.41) is 3.85. The molecule has 1 aromatic carbocycles. The highest BCUT2D eigenvalue weighted by molar-refractivity contribution is 5.58. The maximum atomic E-state index is 5.16. The van der Waals surface area contributed by atoms with Crippen LogP contribution in [0.15, 0.2) is 34.9 Å². The van der Waals surface area contributed by atoms with Crippen molar-refractivity contribution in [2.45, 2.75) is 13.8 Å². The number of rotatable bonds is 1. The third-order valence-electron chi connectivity index (χ3n) is 2.07. The molecule has 0 saturated carbocycles. The molecule has 2 aromatic rings. The fourth-order valence-corrected chi connectivity index (χ4v) is 1.36. The number of hydrogen-bond donors (Lipinski definition) is 0. The van der Waals surface area contributed by atoms with Gasteiger partial charge in [0, 0.05) is 17.2 Å². The molecule has 2 heteroatoms. The van der Waals surface area contributed by atoms with Crippen LogP contribution in [0.4, 0.5) is 0 Å². The van der Waals surface area contributed by atoms with Gasteiger partial charge in [-0.15, -0.1) is 5.92 Å². The van der Waals surface area contributed by atoms with Crippen LogP contribution in [0.2, 0.25) is 0 Å². The predicted molar refractivity (Wildman–Crippen MR) is 59.2 cm³/mol. The Balaban J connectivity index is 2.34. The van der Waals surface area contributed by atoms with Crippen LogP contribution in [0.25, 0.3) is 11.3 Å². The fraction of sp³-hybridized carbons (Fsp3) is 0.154. The molecule has 74 valence electrons. The first kappa shape index (κ1) is 9.54. The van der Waals surface area contributed by atoms with Crippen molar-refractivity contribution >= 4 is 0 Å². The van der Waals surface area contributed by atoms with Gasteiger partial charge in [-0.2, -0.15) is 0 Å². The molecule has 0 spiro atoms. The van der Waals surface area contributed by atoms with Crippen LogP contribution in [-0.4, -0.2) is 5.16 Å². The van der Waals surface area contributed by atoms with Crippen LogP contribution < -0.4 is 0 Å². The Morgan fingerprint density at radius 1 is 1.20 bits per heavy atom. The molecule has 15 heavy (non-hydrogen) atoms. The molecular formula is C13H11NO. The average molecular weight is 197 g/mol. The maximum absolute atomic E-state index is 5.16. The lowest BCUT2D eigenvalue weighted by molar-refractivity contribution is 0.427. The van der Waals surface area contributed by atoms with Crippen molar-refractivity contribution in [2.24, 2.45) is 0 Å². The first-order chi connectivity index (χ1) is 7.29. The van der Waals surface area contributed by atoms with Crippen LogP contribution in [0, 0.1) is 18.8 Å². The normalized spacial score (nSPS) is 9.47. The van der Waals surface area contributed by atoms with Crippen LogP contribution in [0.3, 0.4) is 0 Å². The van der Waals surface area contributed by atoms with E-state index in [4.69, 9.17) is 4.52 Å². The van der Waals surface area contributed by atoms with E-state index in [9.17, 15) is 0 Å². The molecule has 0 radical (unpaired) electrons. The van der Waals surface area contributed by atoms with Crippen LogP contribution in [0.1, 0.15) is 18.2 Å². The molecule has 1 aromatic heterocycles. The molecule has 0 aliphatic heterocycles. The lowest BCUT2D eigenvalue weighted by atomic mass is 10.1. The summed E-state index contributed by atoms with van der Waals surface area (Å²) in [7, 11) is 0. The fourth-order valence-electron chi connectivity index (χ4n) is 1.36. The Labute approximate surface area is 88.9 Å². The summed E-state index contributed by atoms with van der Waals surface area (Å²) in [5.41, 5.74) is 2.93. The topological polar surface area (TPSA) is 26.0 Å². The minimum absolute atomic E-state index is 0.795. The van der Waals surface area contributed by atoms with E-state index >= 15 is 0 Å². The van der Waals surface area contributed by atoms with Crippen molar-refractivity contribution < 1.29 is 4.52 Å². The molecular weight excluding hydrogens is 186 g/mol. The molecule has 0 aliphatic rings. The van der Waals surface area contributed by atoms with Gasteiger partial charge in [-0.3, -0.25) is 0 Å². The third-order valence-corrected chi connectivity index (χ3v) is 2.07. The molecule has 0 fully saturated rings. The quantitative estimate of drug-likeness (QED) is 0.657. The third kappa shape index (κ3) is 2.08. The van der Waals surface area contributed by atoms with Crippen molar-refractivity contribution in [3.8, 4) is 23.2 Å². The minimum atomic E-state index is 0.795. The number of aryl methyl sites for hydroxylation is 1. The van der Waals surface area contributed by atoms with E-state index in [1.165, 1.54) is 0 Å². The molecule has 0 N–H and O–H groups in total. The van der Waals surface area contributed by atoms with Gasteiger partial charge < -0.3 is 4.52 Å². The van der Waals surface area contributed by atoms with Crippen LogP contribution in [-0.2, 0) is 0 Å². The Bertz CT molecular complexity index is 511. The van der Waals surface area contributed by atoms with E-state index in [2.05, 4.69) is 17.0 Å². The van der Waals surface area contributed by atoms with E-state index in [-0.39, 0.29) is 0 Å². The second-order valence-corrected chi connectivity index (χ2v) is 3.28. The molecule has 0 unspecified atom stereocenters. The summed E-state index contributed by atoms with van der Waals surface area (Å²) in [5.74, 6) is 6.65. The molecule has 0 saturated heterocycles. The van der Waals surface area contributed by atoms with Gasteiger partial charge in [0.1, 0.15) is 0 Å². The highest BCUT2D eigenvalue weighted by atomic mass is 16.5. The highest BCUT2D eigenvalue weighted by Crippen LogP contribution is 2.20. The van der Waals surface area contributed by atoms with E-state index in [1.54, 1.807) is 0 Å². The summed E-state index contributed by atoms with van der Waals surface area (Å²) in [6, 6.07) is 9.84. The number of nitrogens with zero attached hydrogens (tertiary/aromatic N) is 1. The Morgan fingerprint density at radius 2 is 1.93 bits per heavy atom. The summed E-state index contributed by atoms with van der Waals surface area (Å²) >= 11 is 0. The number of aromatic nitrogens is 1. The molecule has 0 atom stereocenters. The predicted octanol–water partition coefficient (Wildman–Crippen LogP) is 3.02. The minimum Gasteiger partial charge on any atom is -0.356 e. The summed E-state index contributed by atoms with van der Waals surface area (Å²) in [6.45, 7) is 3.73.